The second kappa shape index (κ2) is 9.21. The van der Waals surface area contributed by atoms with Crippen molar-refractivity contribution < 1.29 is 9.53 Å². The molecular weight excluding hydrogens is 330 g/mol. The Hall–Kier alpha value is -0.870. The fourth-order valence-electron chi connectivity index (χ4n) is 2.56. The molecule has 0 fully saturated rings. The van der Waals surface area contributed by atoms with Crippen LogP contribution in [0, 0.1) is 11.8 Å². The van der Waals surface area contributed by atoms with Gasteiger partial charge in [-0.3, -0.25) is 4.79 Å². The van der Waals surface area contributed by atoms with Gasteiger partial charge in [0.2, 0.25) is 0 Å². The SMILES string of the molecule is COc1ccc(Br)cc1CC(=O)CCC(CCN)C(C)C. The first-order chi connectivity index (χ1) is 9.97. The zero-order valence-electron chi connectivity index (χ0n) is 13.2. The highest BCUT2D eigenvalue weighted by Crippen LogP contribution is 2.25. The molecule has 118 valence electrons. The fourth-order valence-corrected chi connectivity index (χ4v) is 2.97. The van der Waals surface area contributed by atoms with Crippen LogP contribution >= 0.6 is 15.9 Å². The number of ether oxygens (including phenoxy) is 1. The summed E-state index contributed by atoms with van der Waals surface area (Å²) in [6.07, 6.45) is 2.95. The number of carbonyl (C=O) groups is 1. The van der Waals surface area contributed by atoms with Gasteiger partial charge in [-0.1, -0.05) is 29.8 Å². The Morgan fingerprint density at radius 2 is 2.05 bits per heavy atom. The highest BCUT2D eigenvalue weighted by molar-refractivity contribution is 9.10. The maximum absolute atomic E-state index is 12.2. The fraction of sp³-hybridized carbons (Fsp3) is 0.588. The highest BCUT2D eigenvalue weighted by atomic mass is 79.9. The third kappa shape index (κ3) is 6.18. The predicted octanol–water partition coefficient (Wildman–Crippen LogP) is 3.97. The molecule has 0 spiro atoms. The first-order valence-corrected chi connectivity index (χ1v) is 8.31. The van der Waals surface area contributed by atoms with Gasteiger partial charge < -0.3 is 10.5 Å². The molecule has 0 aliphatic carbocycles. The lowest BCUT2D eigenvalue weighted by molar-refractivity contribution is -0.118. The average molecular weight is 356 g/mol. The molecule has 1 aromatic carbocycles. The van der Waals surface area contributed by atoms with E-state index in [-0.39, 0.29) is 5.78 Å². The van der Waals surface area contributed by atoms with Crippen LogP contribution in [0.1, 0.15) is 38.7 Å². The molecule has 4 heteroatoms. The van der Waals surface area contributed by atoms with E-state index in [0.717, 1.165) is 28.6 Å². The molecule has 1 atom stereocenters. The number of halogens is 1. The van der Waals surface area contributed by atoms with Crippen molar-refractivity contribution in [2.24, 2.45) is 17.6 Å². The zero-order valence-corrected chi connectivity index (χ0v) is 14.8. The Labute approximate surface area is 136 Å². The van der Waals surface area contributed by atoms with Crippen LogP contribution in [-0.2, 0) is 11.2 Å². The number of benzene rings is 1. The van der Waals surface area contributed by atoms with Crippen LogP contribution in [-0.4, -0.2) is 19.4 Å². The molecular formula is C17H26BrNO2. The topological polar surface area (TPSA) is 52.3 Å². The summed E-state index contributed by atoms with van der Waals surface area (Å²) in [7, 11) is 1.63. The minimum atomic E-state index is 0.258. The van der Waals surface area contributed by atoms with Gasteiger partial charge in [-0.2, -0.15) is 0 Å². The lowest BCUT2D eigenvalue weighted by atomic mass is 9.87. The summed E-state index contributed by atoms with van der Waals surface area (Å²) in [5.41, 5.74) is 6.59. The quantitative estimate of drug-likeness (QED) is 0.728. The van der Waals surface area contributed by atoms with Crippen LogP contribution < -0.4 is 10.5 Å². The van der Waals surface area contributed by atoms with Gasteiger partial charge in [0.05, 0.1) is 7.11 Å². The van der Waals surface area contributed by atoms with E-state index in [1.54, 1.807) is 7.11 Å². The van der Waals surface area contributed by atoms with Gasteiger partial charge in [-0.25, -0.2) is 0 Å². The molecule has 1 aromatic rings. The molecule has 0 bridgehead atoms. The van der Waals surface area contributed by atoms with Gasteiger partial charge >= 0.3 is 0 Å². The Morgan fingerprint density at radius 3 is 2.62 bits per heavy atom. The third-order valence-electron chi connectivity index (χ3n) is 3.90. The molecule has 1 rings (SSSR count). The highest BCUT2D eigenvalue weighted by Gasteiger charge is 2.15. The van der Waals surface area contributed by atoms with Crippen molar-refractivity contribution >= 4 is 21.7 Å². The molecule has 0 aliphatic heterocycles. The maximum atomic E-state index is 12.2. The molecule has 0 saturated heterocycles. The Bertz CT molecular complexity index is 460. The number of rotatable bonds is 9. The zero-order chi connectivity index (χ0) is 15.8. The number of hydrogen-bond acceptors (Lipinski definition) is 3. The molecule has 3 nitrogen and oxygen atoms in total. The molecule has 2 N–H and O–H groups in total. The van der Waals surface area contributed by atoms with Crippen LogP contribution in [0.3, 0.4) is 0 Å². The van der Waals surface area contributed by atoms with E-state index < -0.39 is 0 Å². The average Bonchev–Trinajstić information content (AvgIpc) is 2.43. The van der Waals surface area contributed by atoms with E-state index in [4.69, 9.17) is 10.5 Å². The first-order valence-electron chi connectivity index (χ1n) is 7.52. The molecule has 0 heterocycles. The van der Waals surface area contributed by atoms with Gasteiger partial charge in [0.15, 0.2) is 0 Å². The van der Waals surface area contributed by atoms with Crippen molar-refractivity contribution in [2.75, 3.05) is 13.7 Å². The number of ketones is 1. The van der Waals surface area contributed by atoms with Crippen LogP contribution in [0.2, 0.25) is 0 Å². The van der Waals surface area contributed by atoms with Gasteiger partial charge in [-0.15, -0.1) is 0 Å². The second-order valence-electron chi connectivity index (χ2n) is 5.79. The lowest BCUT2D eigenvalue weighted by Gasteiger charge is -2.19. The van der Waals surface area contributed by atoms with Crippen molar-refractivity contribution in [1.82, 2.24) is 0 Å². The third-order valence-corrected chi connectivity index (χ3v) is 4.40. The van der Waals surface area contributed by atoms with Crippen molar-refractivity contribution in [2.45, 2.75) is 39.5 Å². The smallest absolute Gasteiger partial charge is 0.137 e. The molecule has 1 unspecified atom stereocenters. The molecule has 0 aliphatic rings. The molecule has 0 amide bonds. The van der Waals surface area contributed by atoms with Crippen molar-refractivity contribution in [3.8, 4) is 5.75 Å². The molecule has 0 radical (unpaired) electrons. The molecule has 0 aromatic heterocycles. The summed E-state index contributed by atoms with van der Waals surface area (Å²) in [6.45, 7) is 5.08. The minimum Gasteiger partial charge on any atom is -0.496 e. The Morgan fingerprint density at radius 1 is 1.33 bits per heavy atom. The van der Waals surface area contributed by atoms with Crippen molar-refractivity contribution in [3.05, 3.63) is 28.2 Å². The van der Waals surface area contributed by atoms with E-state index in [1.165, 1.54) is 0 Å². The van der Waals surface area contributed by atoms with Crippen molar-refractivity contribution in [3.63, 3.8) is 0 Å². The number of carbonyl (C=O) groups excluding carboxylic acids is 1. The van der Waals surface area contributed by atoms with Gasteiger partial charge in [-0.05, 0) is 49.4 Å². The molecule has 0 saturated carbocycles. The van der Waals surface area contributed by atoms with Crippen LogP contribution in [0.5, 0.6) is 5.75 Å². The van der Waals surface area contributed by atoms with Gasteiger partial charge in [0.25, 0.3) is 0 Å². The van der Waals surface area contributed by atoms with Crippen LogP contribution in [0.15, 0.2) is 22.7 Å². The summed E-state index contributed by atoms with van der Waals surface area (Å²) in [4.78, 5) is 12.2. The summed E-state index contributed by atoms with van der Waals surface area (Å²) < 4.78 is 6.28. The van der Waals surface area contributed by atoms with E-state index in [1.807, 2.05) is 18.2 Å². The van der Waals surface area contributed by atoms with Gasteiger partial charge in [0.1, 0.15) is 11.5 Å². The van der Waals surface area contributed by atoms with E-state index >= 15 is 0 Å². The van der Waals surface area contributed by atoms with Crippen LogP contribution in [0.4, 0.5) is 0 Å². The minimum absolute atomic E-state index is 0.258. The normalized spacial score (nSPS) is 12.5. The van der Waals surface area contributed by atoms with E-state index in [2.05, 4.69) is 29.8 Å². The largest absolute Gasteiger partial charge is 0.496 e. The van der Waals surface area contributed by atoms with Crippen molar-refractivity contribution in [1.29, 1.82) is 0 Å². The summed E-state index contributed by atoms with van der Waals surface area (Å²) in [5.74, 6) is 2.13. The maximum Gasteiger partial charge on any atom is 0.137 e. The van der Waals surface area contributed by atoms with Gasteiger partial charge in [0, 0.05) is 22.9 Å². The number of hydrogen-bond donors (Lipinski definition) is 1. The monoisotopic (exact) mass is 355 g/mol. The standard InChI is InChI=1S/C17H26BrNO2/c1-12(2)13(8-9-19)4-6-16(20)11-14-10-15(18)5-7-17(14)21-3/h5,7,10,12-13H,4,6,8-9,11,19H2,1-3H3. The van der Waals surface area contributed by atoms with Crippen LogP contribution in [0.25, 0.3) is 0 Å². The first kappa shape index (κ1) is 18.2. The van der Waals surface area contributed by atoms with E-state index in [9.17, 15) is 4.79 Å². The summed E-state index contributed by atoms with van der Waals surface area (Å²) >= 11 is 3.44. The van der Waals surface area contributed by atoms with E-state index in [0.29, 0.717) is 31.2 Å². The summed E-state index contributed by atoms with van der Waals surface area (Å²) in [5, 5.41) is 0. The number of Topliss-reactive ketones (excluding diaryl/α,β-unsaturated/α-hetero) is 1. The lowest BCUT2D eigenvalue weighted by Crippen LogP contribution is -2.16. The number of nitrogens with two attached hydrogens (primary N) is 1. The Balaban J connectivity index is 2.59. The number of methoxy groups -OCH3 is 1. The molecule has 21 heavy (non-hydrogen) atoms. The second-order valence-corrected chi connectivity index (χ2v) is 6.71. The Kier molecular flexibility index (Phi) is 7.97. The predicted molar refractivity (Wildman–Crippen MR) is 90.6 cm³/mol. The summed E-state index contributed by atoms with van der Waals surface area (Å²) in [6, 6.07) is 5.76.